The number of hydrogen-bond acceptors (Lipinski definition) is 5. The number of hydrogen-bond donors (Lipinski definition) is 2. The predicted octanol–water partition coefficient (Wildman–Crippen LogP) is 2.51. The first kappa shape index (κ1) is 17.6. The van der Waals surface area contributed by atoms with Crippen LogP contribution in [-0.4, -0.2) is 35.0 Å². The van der Waals surface area contributed by atoms with E-state index in [4.69, 9.17) is 9.47 Å². The average Bonchev–Trinajstić information content (AvgIpc) is 2.93. The maximum Gasteiger partial charge on any atom is 0.321 e. The Bertz CT molecular complexity index is 712. The summed E-state index contributed by atoms with van der Waals surface area (Å²) >= 11 is 0. The molecule has 1 aromatic carbocycles. The van der Waals surface area contributed by atoms with Crippen LogP contribution in [0.15, 0.2) is 18.2 Å². The summed E-state index contributed by atoms with van der Waals surface area (Å²) in [5.74, 6) is 2.29. The van der Waals surface area contributed by atoms with Gasteiger partial charge < -0.3 is 14.8 Å². The Morgan fingerprint density at radius 1 is 1.25 bits per heavy atom. The zero-order valence-electron chi connectivity index (χ0n) is 14.6. The number of anilines is 1. The van der Waals surface area contributed by atoms with Gasteiger partial charge >= 0.3 is 6.03 Å². The van der Waals surface area contributed by atoms with E-state index in [2.05, 4.69) is 20.7 Å². The standard InChI is InChI=1S/C16H23N5O3/c1-10(2)21-11(3)18-15(20-21)19-16(22)17-9-12-6-7-13(23-4)14(8-12)24-5/h6-8,10H,9H2,1-5H3,(H2,17,19,20,22). The second kappa shape index (κ2) is 7.67. The summed E-state index contributed by atoms with van der Waals surface area (Å²) in [5, 5.41) is 9.64. The van der Waals surface area contributed by atoms with Crippen molar-refractivity contribution in [1.29, 1.82) is 0 Å². The van der Waals surface area contributed by atoms with Crippen molar-refractivity contribution in [2.45, 2.75) is 33.4 Å². The highest BCUT2D eigenvalue weighted by molar-refractivity contribution is 5.87. The number of aryl methyl sites for hydroxylation is 1. The van der Waals surface area contributed by atoms with Crippen LogP contribution in [-0.2, 0) is 6.54 Å². The molecular weight excluding hydrogens is 310 g/mol. The Morgan fingerprint density at radius 2 is 1.96 bits per heavy atom. The van der Waals surface area contributed by atoms with Gasteiger partial charge in [-0.15, -0.1) is 5.10 Å². The SMILES string of the molecule is COc1ccc(CNC(=O)Nc2nc(C)n(C(C)C)n2)cc1OC. The fourth-order valence-electron chi connectivity index (χ4n) is 2.26. The van der Waals surface area contributed by atoms with Crippen LogP contribution in [0.2, 0.25) is 0 Å². The maximum atomic E-state index is 12.0. The van der Waals surface area contributed by atoms with E-state index < -0.39 is 0 Å². The first-order chi connectivity index (χ1) is 11.4. The van der Waals surface area contributed by atoms with E-state index >= 15 is 0 Å². The summed E-state index contributed by atoms with van der Waals surface area (Å²) in [7, 11) is 3.15. The lowest BCUT2D eigenvalue weighted by Gasteiger charge is -2.10. The van der Waals surface area contributed by atoms with Gasteiger partial charge in [0.05, 0.1) is 14.2 Å². The van der Waals surface area contributed by atoms with Crippen LogP contribution in [0, 0.1) is 6.92 Å². The number of benzene rings is 1. The first-order valence-corrected chi connectivity index (χ1v) is 7.63. The molecule has 0 saturated heterocycles. The third-order valence-corrected chi connectivity index (χ3v) is 3.42. The molecule has 0 fully saturated rings. The fourth-order valence-corrected chi connectivity index (χ4v) is 2.26. The lowest BCUT2D eigenvalue weighted by Crippen LogP contribution is -2.28. The van der Waals surface area contributed by atoms with E-state index in [9.17, 15) is 4.79 Å². The number of nitrogens with one attached hydrogen (secondary N) is 2. The minimum absolute atomic E-state index is 0.183. The van der Waals surface area contributed by atoms with E-state index in [1.807, 2.05) is 32.9 Å². The van der Waals surface area contributed by atoms with E-state index in [1.165, 1.54) is 0 Å². The van der Waals surface area contributed by atoms with Gasteiger partial charge in [0.1, 0.15) is 5.82 Å². The van der Waals surface area contributed by atoms with Crippen LogP contribution >= 0.6 is 0 Å². The van der Waals surface area contributed by atoms with Crippen molar-refractivity contribution in [2.75, 3.05) is 19.5 Å². The highest BCUT2D eigenvalue weighted by Crippen LogP contribution is 2.27. The summed E-state index contributed by atoms with van der Waals surface area (Å²) in [6.07, 6.45) is 0. The number of carbonyl (C=O) groups is 1. The Hall–Kier alpha value is -2.77. The highest BCUT2D eigenvalue weighted by atomic mass is 16.5. The molecule has 2 N–H and O–H groups in total. The summed E-state index contributed by atoms with van der Waals surface area (Å²) in [6.45, 7) is 6.20. The van der Waals surface area contributed by atoms with Crippen LogP contribution in [0.3, 0.4) is 0 Å². The van der Waals surface area contributed by atoms with Crippen molar-refractivity contribution in [3.8, 4) is 11.5 Å². The van der Waals surface area contributed by atoms with Crippen molar-refractivity contribution in [3.05, 3.63) is 29.6 Å². The molecule has 1 aromatic heterocycles. The van der Waals surface area contributed by atoms with Crippen molar-refractivity contribution in [2.24, 2.45) is 0 Å². The van der Waals surface area contributed by atoms with Crippen molar-refractivity contribution in [1.82, 2.24) is 20.1 Å². The van der Waals surface area contributed by atoms with Gasteiger partial charge in [-0.1, -0.05) is 6.07 Å². The number of amides is 2. The summed E-state index contributed by atoms with van der Waals surface area (Å²) in [5.41, 5.74) is 0.889. The van der Waals surface area contributed by atoms with Gasteiger partial charge in [-0.05, 0) is 38.5 Å². The second-order valence-electron chi connectivity index (χ2n) is 5.52. The van der Waals surface area contributed by atoms with Gasteiger partial charge in [0, 0.05) is 12.6 Å². The van der Waals surface area contributed by atoms with Crippen LogP contribution < -0.4 is 20.1 Å². The molecule has 0 aliphatic carbocycles. The fraction of sp³-hybridized carbons (Fsp3) is 0.438. The van der Waals surface area contributed by atoms with Crippen LogP contribution in [0.4, 0.5) is 10.7 Å². The molecule has 2 rings (SSSR count). The van der Waals surface area contributed by atoms with E-state index in [1.54, 1.807) is 25.0 Å². The summed E-state index contributed by atoms with van der Waals surface area (Å²) in [4.78, 5) is 16.2. The zero-order valence-corrected chi connectivity index (χ0v) is 14.6. The number of rotatable bonds is 6. The lowest BCUT2D eigenvalue weighted by atomic mass is 10.2. The molecule has 0 bridgehead atoms. The second-order valence-corrected chi connectivity index (χ2v) is 5.52. The number of aromatic nitrogens is 3. The lowest BCUT2D eigenvalue weighted by molar-refractivity contribution is 0.251. The molecule has 130 valence electrons. The molecule has 0 spiro atoms. The predicted molar refractivity (Wildman–Crippen MR) is 90.5 cm³/mol. The molecule has 8 nitrogen and oxygen atoms in total. The third-order valence-electron chi connectivity index (χ3n) is 3.42. The monoisotopic (exact) mass is 333 g/mol. The Morgan fingerprint density at radius 3 is 2.54 bits per heavy atom. The van der Waals surface area contributed by atoms with Crippen molar-refractivity contribution >= 4 is 12.0 Å². The molecule has 2 amide bonds. The Balaban J connectivity index is 1.95. The normalized spacial score (nSPS) is 10.6. The Labute approximate surface area is 141 Å². The van der Waals surface area contributed by atoms with Gasteiger partial charge in [-0.2, -0.15) is 4.98 Å². The van der Waals surface area contributed by atoms with Gasteiger partial charge in [-0.25, -0.2) is 9.48 Å². The largest absolute Gasteiger partial charge is 0.493 e. The topological polar surface area (TPSA) is 90.3 Å². The van der Waals surface area contributed by atoms with Crippen LogP contribution in [0.5, 0.6) is 11.5 Å². The molecule has 2 aromatic rings. The molecule has 0 aliphatic heterocycles. The van der Waals surface area contributed by atoms with E-state index in [0.717, 1.165) is 11.4 Å². The minimum atomic E-state index is -0.370. The molecule has 0 radical (unpaired) electrons. The van der Waals surface area contributed by atoms with E-state index in [0.29, 0.717) is 18.0 Å². The minimum Gasteiger partial charge on any atom is -0.493 e. The maximum absolute atomic E-state index is 12.0. The first-order valence-electron chi connectivity index (χ1n) is 7.63. The average molecular weight is 333 g/mol. The van der Waals surface area contributed by atoms with Gasteiger partial charge in [0.15, 0.2) is 11.5 Å². The smallest absolute Gasteiger partial charge is 0.321 e. The van der Waals surface area contributed by atoms with Crippen molar-refractivity contribution < 1.29 is 14.3 Å². The number of nitrogens with zero attached hydrogens (tertiary/aromatic N) is 3. The van der Waals surface area contributed by atoms with Crippen molar-refractivity contribution in [3.63, 3.8) is 0 Å². The quantitative estimate of drug-likeness (QED) is 0.847. The molecule has 1 heterocycles. The molecular formula is C16H23N5O3. The zero-order chi connectivity index (χ0) is 17.7. The number of ether oxygens (including phenoxy) is 2. The summed E-state index contributed by atoms with van der Waals surface area (Å²) < 4.78 is 12.2. The van der Waals surface area contributed by atoms with E-state index in [-0.39, 0.29) is 18.0 Å². The number of methoxy groups -OCH3 is 2. The highest BCUT2D eigenvalue weighted by Gasteiger charge is 2.11. The van der Waals surface area contributed by atoms with Gasteiger partial charge in [-0.3, -0.25) is 5.32 Å². The number of urea groups is 1. The number of carbonyl (C=O) groups excluding carboxylic acids is 1. The van der Waals surface area contributed by atoms with Crippen LogP contribution in [0.1, 0.15) is 31.3 Å². The third kappa shape index (κ3) is 4.15. The summed E-state index contributed by atoms with van der Waals surface area (Å²) in [6, 6.07) is 5.28. The molecule has 0 saturated carbocycles. The molecule has 0 aliphatic rings. The van der Waals surface area contributed by atoms with Gasteiger partial charge in [0.25, 0.3) is 0 Å². The van der Waals surface area contributed by atoms with Gasteiger partial charge in [0.2, 0.25) is 5.95 Å². The van der Waals surface area contributed by atoms with Crippen LogP contribution in [0.25, 0.3) is 0 Å². The molecule has 8 heteroatoms. The Kier molecular flexibility index (Phi) is 5.62. The molecule has 0 unspecified atom stereocenters. The molecule has 0 atom stereocenters. The molecule has 24 heavy (non-hydrogen) atoms.